The third kappa shape index (κ3) is 3.82. The summed E-state index contributed by atoms with van der Waals surface area (Å²) >= 11 is 12.8. The highest BCUT2D eigenvalue weighted by Crippen LogP contribution is 2.21. The molecule has 0 radical (unpaired) electrons. The molecule has 0 atom stereocenters. The van der Waals surface area contributed by atoms with Crippen LogP contribution in [0, 0.1) is 0 Å². The predicted octanol–water partition coefficient (Wildman–Crippen LogP) is 3.81. The molecule has 120 valence electrons. The zero-order valence-corrected chi connectivity index (χ0v) is 14.9. The number of anilines is 1. The second-order valence-electron chi connectivity index (χ2n) is 4.90. The van der Waals surface area contributed by atoms with Crippen molar-refractivity contribution in [2.45, 2.75) is 0 Å². The number of nitrogens with zero attached hydrogens (tertiary/aromatic N) is 1. The van der Waals surface area contributed by atoms with Crippen LogP contribution in [0.25, 0.3) is 11.5 Å². The van der Waals surface area contributed by atoms with Gasteiger partial charge in [-0.05, 0) is 41.5 Å². The van der Waals surface area contributed by atoms with Gasteiger partial charge in [-0.25, -0.2) is 0 Å². The van der Waals surface area contributed by atoms with E-state index in [4.69, 9.17) is 23.8 Å². The molecule has 0 spiro atoms. The lowest BCUT2D eigenvalue weighted by molar-refractivity contribution is -0.577. The number of thiocarbonyl (C=S) groups is 1. The Labute approximate surface area is 154 Å². The van der Waals surface area contributed by atoms with Gasteiger partial charge in [0.15, 0.2) is 17.4 Å². The fourth-order valence-corrected chi connectivity index (χ4v) is 3.24. The number of hydrogen-bond donors (Lipinski definition) is 1. The fourth-order valence-electron chi connectivity index (χ4n) is 2.13. The standard InChI is InChI=1S/C18H13ClN2OS2/c19-13-6-8-14(9-7-13)20-18(23)16(21-10-2-1-3-11-21)17(22)15-5-4-12-24-15/h1-12H,(H-,20,22,23). The van der Waals surface area contributed by atoms with Crippen molar-refractivity contribution >= 4 is 57.3 Å². The van der Waals surface area contributed by atoms with Crippen molar-refractivity contribution in [2.24, 2.45) is 0 Å². The largest absolute Gasteiger partial charge is 0.867 e. The van der Waals surface area contributed by atoms with E-state index in [0.717, 1.165) is 5.69 Å². The summed E-state index contributed by atoms with van der Waals surface area (Å²) in [4.78, 5) is 0.994. The van der Waals surface area contributed by atoms with Gasteiger partial charge in [0.1, 0.15) is 0 Å². The Balaban J connectivity index is 2.00. The lowest BCUT2D eigenvalue weighted by Crippen LogP contribution is -2.39. The van der Waals surface area contributed by atoms with Crippen LogP contribution in [0.3, 0.4) is 0 Å². The molecule has 2 heterocycles. The fraction of sp³-hybridized carbons (Fsp3) is 0. The summed E-state index contributed by atoms with van der Waals surface area (Å²) in [5.41, 5.74) is 1.18. The van der Waals surface area contributed by atoms with Crippen LogP contribution in [0.5, 0.6) is 0 Å². The normalized spacial score (nSPS) is 11.7. The van der Waals surface area contributed by atoms with Gasteiger partial charge in [-0.1, -0.05) is 36.0 Å². The number of rotatable bonds is 4. The third-order valence-electron chi connectivity index (χ3n) is 3.25. The van der Waals surface area contributed by atoms with Crippen LogP contribution < -0.4 is 15.0 Å². The zero-order chi connectivity index (χ0) is 16.9. The molecule has 0 saturated heterocycles. The highest BCUT2D eigenvalue weighted by atomic mass is 35.5. The molecule has 0 fully saturated rings. The maximum atomic E-state index is 12.9. The Bertz CT molecular complexity index is 860. The maximum absolute atomic E-state index is 12.9. The molecule has 3 nitrogen and oxygen atoms in total. The van der Waals surface area contributed by atoms with Gasteiger partial charge in [-0.3, -0.25) is 0 Å². The monoisotopic (exact) mass is 372 g/mol. The third-order valence-corrected chi connectivity index (χ3v) is 4.67. The summed E-state index contributed by atoms with van der Waals surface area (Å²) in [6, 6.07) is 16.4. The molecule has 0 aliphatic carbocycles. The van der Waals surface area contributed by atoms with Crippen molar-refractivity contribution in [3.8, 4) is 0 Å². The number of pyridine rings is 1. The summed E-state index contributed by atoms with van der Waals surface area (Å²) in [7, 11) is 0. The molecule has 0 aliphatic rings. The van der Waals surface area contributed by atoms with Crippen LogP contribution in [0.4, 0.5) is 5.69 Å². The van der Waals surface area contributed by atoms with Gasteiger partial charge in [-0.2, -0.15) is 4.57 Å². The zero-order valence-electron chi connectivity index (χ0n) is 12.5. The summed E-state index contributed by atoms with van der Waals surface area (Å²) < 4.78 is 1.73. The van der Waals surface area contributed by atoms with Crippen LogP contribution in [0.15, 0.2) is 72.4 Å². The topological polar surface area (TPSA) is 39.0 Å². The Morgan fingerprint density at radius 3 is 2.38 bits per heavy atom. The first-order valence-electron chi connectivity index (χ1n) is 7.14. The Hall–Kier alpha value is -2.21. The van der Waals surface area contributed by atoms with Gasteiger partial charge in [0, 0.05) is 27.7 Å². The van der Waals surface area contributed by atoms with Gasteiger partial charge in [0.2, 0.25) is 5.70 Å². The molecule has 6 heteroatoms. The van der Waals surface area contributed by atoms with Gasteiger partial charge >= 0.3 is 0 Å². The Morgan fingerprint density at radius 1 is 1.04 bits per heavy atom. The smallest absolute Gasteiger partial charge is 0.239 e. The van der Waals surface area contributed by atoms with Crippen LogP contribution in [-0.4, -0.2) is 4.99 Å². The van der Waals surface area contributed by atoms with Crippen molar-refractivity contribution in [1.29, 1.82) is 0 Å². The molecule has 2 aromatic heterocycles. The highest BCUT2D eigenvalue weighted by molar-refractivity contribution is 7.81. The van der Waals surface area contributed by atoms with Crippen molar-refractivity contribution in [3.63, 3.8) is 0 Å². The molecule has 0 bridgehead atoms. The lowest BCUT2D eigenvalue weighted by atomic mass is 10.2. The molecule has 1 aromatic carbocycles. The minimum absolute atomic E-state index is 0.118. The van der Waals surface area contributed by atoms with Crippen LogP contribution >= 0.6 is 35.2 Å². The second kappa shape index (κ2) is 7.57. The van der Waals surface area contributed by atoms with E-state index < -0.39 is 0 Å². The van der Waals surface area contributed by atoms with Crippen LogP contribution in [-0.2, 0) is 0 Å². The predicted molar refractivity (Wildman–Crippen MR) is 102 cm³/mol. The summed E-state index contributed by atoms with van der Waals surface area (Å²) in [5.74, 6) is -0.118. The molecule has 0 aliphatic heterocycles. The van der Waals surface area contributed by atoms with E-state index in [1.807, 2.05) is 41.8 Å². The molecule has 0 saturated carbocycles. The Kier molecular flexibility index (Phi) is 5.25. The number of aromatic nitrogens is 1. The molecule has 1 N–H and O–H groups in total. The summed E-state index contributed by atoms with van der Waals surface area (Å²) in [6.45, 7) is 0. The minimum Gasteiger partial charge on any atom is -0.867 e. The van der Waals surface area contributed by atoms with Gasteiger partial charge in [0.25, 0.3) is 0 Å². The van der Waals surface area contributed by atoms with Crippen LogP contribution in [0.2, 0.25) is 5.02 Å². The van der Waals surface area contributed by atoms with Crippen LogP contribution in [0.1, 0.15) is 4.88 Å². The molecule has 3 rings (SSSR count). The number of hydrogen-bond acceptors (Lipinski definition) is 3. The van der Waals surface area contributed by atoms with E-state index in [9.17, 15) is 5.11 Å². The minimum atomic E-state index is -0.118. The molecule has 24 heavy (non-hydrogen) atoms. The van der Waals surface area contributed by atoms with Crippen molar-refractivity contribution in [1.82, 2.24) is 0 Å². The van der Waals surface area contributed by atoms with E-state index in [0.29, 0.717) is 20.6 Å². The van der Waals surface area contributed by atoms with E-state index in [1.54, 1.807) is 35.2 Å². The van der Waals surface area contributed by atoms with Gasteiger partial charge in [0.05, 0.1) is 0 Å². The Morgan fingerprint density at radius 2 is 1.75 bits per heavy atom. The molecule has 0 amide bonds. The van der Waals surface area contributed by atoms with E-state index in [-0.39, 0.29) is 5.76 Å². The molecule has 0 unspecified atom stereocenters. The SMILES string of the molecule is [O-]C(=C(C(=S)Nc1ccc(Cl)cc1)[n+]1ccccc1)c1cccs1. The van der Waals surface area contributed by atoms with Gasteiger partial charge < -0.3 is 10.4 Å². The molecular formula is C18H13ClN2OS2. The highest BCUT2D eigenvalue weighted by Gasteiger charge is 2.18. The maximum Gasteiger partial charge on any atom is 0.239 e. The van der Waals surface area contributed by atoms with Crippen molar-refractivity contribution < 1.29 is 9.67 Å². The quantitative estimate of drug-likeness (QED) is 0.327. The lowest BCUT2D eigenvalue weighted by Gasteiger charge is -2.15. The van der Waals surface area contributed by atoms with E-state index >= 15 is 0 Å². The first kappa shape index (κ1) is 16.6. The van der Waals surface area contributed by atoms with E-state index in [1.165, 1.54) is 11.3 Å². The number of thiophene rings is 1. The number of halogens is 1. The first-order valence-corrected chi connectivity index (χ1v) is 8.80. The van der Waals surface area contributed by atoms with Crippen molar-refractivity contribution in [2.75, 3.05) is 5.32 Å². The second-order valence-corrected chi connectivity index (χ2v) is 6.69. The first-order chi connectivity index (χ1) is 11.6. The molecule has 3 aromatic rings. The number of benzene rings is 1. The number of nitrogens with one attached hydrogen (secondary N) is 1. The summed E-state index contributed by atoms with van der Waals surface area (Å²) in [5, 5.41) is 18.5. The summed E-state index contributed by atoms with van der Waals surface area (Å²) in [6.07, 6.45) is 3.60. The average molecular weight is 373 g/mol. The molecular weight excluding hydrogens is 360 g/mol. The van der Waals surface area contributed by atoms with Gasteiger partial charge in [-0.15, -0.1) is 11.3 Å². The van der Waals surface area contributed by atoms with E-state index in [2.05, 4.69) is 5.32 Å². The average Bonchev–Trinajstić information content (AvgIpc) is 3.13. The van der Waals surface area contributed by atoms with Crippen molar-refractivity contribution in [3.05, 3.63) is 82.3 Å².